The molecule has 80 valence electrons. The standard InChI is InChI=1S/C11H20N2O/c1-8(2)13-11(14)9(3)7-10-5-4-6-12-10/h7-8,10,12H,4-6H2,1-3H3,(H,13,14)/b9-7+/t10-/m0/s1. The van der Waals surface area contributed by atoms with Crippen molar-refractivity contribution in [1.82, 2.24) is 10.6 Å². The third-order valence-electron chi connectivity index (χ3n) is 2.33. The smallest absolute Gasteiger partial charge is 0.246 e. The van der Waals surface area contributed by atoms with Crippen LogP contribution in [0, 0.1) is 0 Å². The first-order valence-corrected chi connectivity index (χ1v) is 5.32. The second-order valence-corrected chi connectivity index (χ2v) is 4.18. The van der Waals surface area contributed by atoms with Gasteiger partial charge in [-0.1, -0.05) is 6.08 Å². The van der Waals surface area contributed by atoms with Gasteiger partial charge in [0.15, 0.2) is 0 Å². The molecule has 1 aliphatic rings. The molecular formula is C11H20N2O. The van der Waals surface area contributed by atoms with Gasteiger partial charge in [0, 0.05) is 17.7 Å². The lowest BCUT2D eigenvalue weighted by Gasteiger charge is -2.10. The fourth-order valence-corrected chi connectivity index (χ4v) is 1.61. The SMILES string of the molecule is C/C(=C\[C@@H]1CCCN1)C(=O)NC(C)C. The van der Waals surface area contributed by atoms with Crippen LogP contribution in [0.3, 0.4) is 0 Å². The number of hydrogen-bond donors (Lipinski definition) is 2. The van der Waals surface area contributed by atoms with Crippen LogP contribution in [0.15, 0.2) is 11.6 Å². The Balaban J connectivity index is 2.45. The number of nitrogens with one attached hydrogen (secondary N) is 2. The van der Waals surface area contributed by atoms with Crippen molar-refractivity contribution >= 4 is 5.91 Å². The van der Waals surface area contributed by atoms with E-state index in [0.717, 1.165) is 18.5 Å². The van der Waals surface area contributed by atoms with Gasteiger partial charge in [0.05, 0.1) is 0 Å². The van der Waals surface area contributed by atoms with Gasteiger partial charge in [0.25, 0.3) is 0 Å². The van der Waals surface area contributed by atoms with Crippen LogP contribution in [-0.4, -0.2) is 24.5 Å². The van der Waals surface area contributed by atoms with E-state index in [2.05, 4.69) is 10.6 Å². The van der Waals surface area contributed by atoms with Crippen LogP contribution in [0.4, 0.5) is 0 Å². The molecule has 1 saturated heterocycles. The van der Waals surface area contributed by atoms with Crippen molar-refractivity contribution in [2.45, 2.75) is 45.7 Å². The summed E-state index contributed by atoms with van der Waals surface area (Å²) in [4.78, 5) is 11.5. The van der Waals surface area contributed by atoms with E-state index in [4.69, 9.17) is 0 Å². The Morgan fingerprint density at radius 3 is 2.79 bits per heavy atom. The van der Waals surface area contributed by atoms with Gasteiger partial charge in [0.2, 0.25) is 5.91 Å². The van der Waals surface area contributed by atoms with Gasteiger partial charge in [-0.05, 0) is 40.2 Å². The summed E-state index contributed by atoms with van der Waals surface area (Å²) in [6.45, 7) is 6.88. The first kappa shape index (κ1) is 11.2. The largest absolute Gasteiger partial charge is 0.350 e. The van der Waals surface area contributed by atoms with Crippen LogP contribution in [0.25, 0.3) is 0 Å². The minimum Gasteiger partial charge on any atom is -0.350 e. The summed E-state index contributed by atoms with van der Waals surface area (Å²) in [7, 11) is 0. The maximum absolute atomic E-state index is 11.5. The quantitative estimate of drug-likeness (QED) is 0.666. The fraction of sp³-hybridized carbons (Fsp3) is 0.727. The van der Waals surface area contributed by atoms with E-state index in [1.165, 1.54) is 6.42 Å². The maximum Gasteiger partial charge on any atom is 0.246 e. The summed E-state index contributed by atoms with van der Waals surface area (Å²) in [6.07, 6.45) is 4.39. The van der Waals surface area contributed by atoms with Crippen LogP contribution in [0.5, 0.6) is 0 Å². The highest BCUT2D eigenvalue weighted by molar-refractivity contribution is 5.93. The van der Waals surface area contributed by atoms with Crippen LogP contribution in [0.1, 0.15) is 33.6 Å². The van der Waals surface area contributed by atoms with Crippen molar-refractivity contribution in [1.29, 1.82) is 0 Å². The van der Waals surface area contributed by atoms with Crippen LogP contribution >= 0.6 is 0 Å². The molecular weight excluding hydrogens is 176 g/mol. The van der Waals surface area contributed by atoms with Crippen molar-refractivity contribution in [3.8, 4) is 0 Å². The Hall–Kier alpha value is -0.830. The van der Waals surface area contributed by atoms with Crippen LogP contribution < -0.4 is 10.6 Å². The number of carbonyl (C=O) groups is 1. The molecule has 0 aromatic heterocycles. The third kappa shape index (κ3) is 3.50. The molecule has 0 bridgehead atoms. The molecule has 1 aliphatic heterocycles. The van der Waals surface area contributed by atoms with Crippen molar-refractivity contribution in [2.24, 2.45) is 0 Å². The Morgan fingerprint density at radius 2 is 2.29 bits per heavy atom. The molecule has 3 nitrogen and oxygen atoms in total. The number of amides is 1. The zero-order valence-electron chi connectivity index (χ0n) is 9.26. The monoisotopic (exact) mass is 196 g/mol. The molecule has 1 amide bonds. The third-order valence-corrected chi connectivity index (χ3v) is 2.33. The molecule has 14 heavy (non-hydrogen) atoms. The van der Waals surface area contributed by atoms with E-state index in [1.54, 1.807) is 0 Å². The van der Waals surface area contributed by atoms with Gasteiger partial charge in [-0.3, -0.25) is 4.79 Å². The summed E-state index contributed by atoms with van der Waals surface area (Å²) in [5.74, 6) is 0.0497. The summed E-state index contributed by atoms with van der Waals surface area (Å²) < 4.78 is 0. The average molecular weight is 196 g/mol. The first-order chi connectivity index (χ1) is 6.59. The Bertz CT molecular complexity index is 227. The molecule has 0 aromatic carbocycles. The molecule has 1 heterocycles. The lowest BCUT2D eigenvalue weighted by molar-refractivity contribution is -0.117. The molecule has 3 heteroatoms. The van der Waals surface area contributed by atoms with Gasteiger partial charge in [-0.15, -0.1) is 0 Å². The molecule has 1 fully saturated rings. The lowest BCUT2D eigenvalue weighted by atomic mass is 10.1. The van der Waals surface area contributed by atoms with E-state index in [-0.39, 0.29) is 11.9 Å². The topological polar surface area (TPSA) is 41.1 Å². The minimum atomic E-state index is 0.0497. The first-order valence-electron chi connectivity index (χ1n) is 5.32. The predicted molar refractivity (Wildman–Crippen MR) is 58.1 cm³/mol. The molecule has 0 spiro atoms. The lowest BCUT2D eigenvalue weighted by Crippen LogP contribution is -2.31. The Kier molecular flexibility index (Phi) is 4.14. The summed E-state index contributed by atoms with van der Waals surface area (Å²) in [5.41, 5.74) is 0.818. The average Bonchev–Trinajstić information content (AvgIpc) is 2.55. The fourth-order valence-electron chi connectivity index (χ4n) is 1.61. The molecule has 0 unspecified atom stereocenters. The van der Waals surface area contributed by atoms with Gasteiger partial charge >= 0.3 is 0 Å². The Morgan fingerprint density at radius 1 is 1.57 bits per heavy atom. The Labute approximate surface area is 86.0 Å². The van der Waals surface area contributed by atoms with Crippen LogP contribution in [-0.2, 0) is 4.79 Å². The van der Waals surface area contributed by atoms with E-state index >= 15 is 0 Å². The van der Waals surface area contributed by atoms with Crippen molar-refractivity contribution in [3.63, 3.8) is 0 Å². The molecule has 2 N–H and O–H groups in total. The highest BCUT2D eigenvalue weighted by Gasteiger charge is 2.13. The van der Waals surface area contributed by atoms with Crippen molar-refractivity contribution in [3.05, 3.63) is 11.6 Å². The summed E-state index contributed by atoms with van der Waals surface area (Å²) in [5, 5.41) is 6.22. The van der Waals surface area contributed by atoms with E-state index in [9.17, 15) is 4.79 Å². The highest BCUT2D eigenvalue weighted by atomic mass is 16.1. The maximum atomic E-state index is 11.5. The molecule has 1 atom stereocenters. The number of hydrogen-bond acceptors (Lipinski definition) is 2. The molecule has 0 radical (unpaired) electrons. The van der Waals surface area contributed by atoms with Crippen LogP contribution in [0.2, 0.25) is 0 Å². The van der Waals surface area contributed by atoms with Crippen molar-refractivity contribution in [2.75, 3.05) is 6.54 Å². The van der Waals surface area contributed by atoms with Gasteiger partial charge in [0.1, 0.15) is 0 Å². The zero-order chi connectivity index (χ0) is 10.6. The van der Waals surface area contributed by atoms with E-state index in [0.29, 0.717) is 6.04 Å². The molecule has 1 rings (SSSR count). The van der Waals surface area contributed by atoms with Gasteiger partial charge in [-0.25, -0.2) is 0 Å². The number of rotatable bonds is 3. The zero-order valence-corrected chi connectivity index (χ0v) is 9.26. The second-order valence-electron chi connectivity index (χ2n) is 4.18. The van der Waals surface area contributed by atoms with E-state index < -0.39 is 0 Å². The van der Waals surface area contributed by atoms with E-state index in [1.807, 2.05) is 26.8 Å². The molecule has 0 aromatic rings. The normalized spacial score (nSPS) is 22.9. The van der Waals surface area contributed by atoms with Gasteiger partial charge < -0.3 is 10.6 Å². The minimum absolute atomic E-state index is 0.0497. The van der Waals surface area contributed by atoms with Gasteiger partial charge in [-0.2, -0.15) is 0 Å². The summed E-state index contributed by atoms with van der Waals surface area (Å²) in [6, 6.07) is 0.607. The highest BCUT2D eigenvalue weighted by Crippen LogP contribution is 2.08. The summed E-state index contributed by atoms with van der Waals surface area (Å²) >= 11 is 0. The predicted octanol–water partition coefficient (Wildman–Crippen LogP) is 1.21. The number of carbonyl (C=O) groups excluding carboxylic acids is 1. The van der Waals surface area contributed by atoms with Crippen molar-refractivity contribution < 1.29 is 4.79 Å². The molecule has 0 aliphatic carbocycles. The second kappa shape index (κ2) is 5.15. The molecule has 0 saturated carbocycles.